The van der Waals surface area contributed by atoms with E-state index in [1.807, 2.05) is 19.2 Å². The van der Waals surface area contributed by atoms with Gasteiger partial charge in [0.2, 0.25) is 10.0 Å². The number of nitrogens with one attached hydrogen (secondary N) is 1. The van der Waals surface area contributed by atoms with E-state index in [2.05, 4.69) is 4.72 Å². The van der Waals surface area contributed by atoms with E-state index < -0.39 is 15.6 Å². The molecule has 0 aliphatic carbocycles. The summed E-state index contributed by atoms with van der Waals surface area (Å²) in [5, 5.41) is 9.93. The van der Waals surface area contributed by atoms with Gasteiger partial charge in [-0.15, -0.1) is 0 Å². The topological polar surface area (TPSA) is 66.4 Å². The lowest BCUT2D eigenvalue weighted by molar-refractivity contribution is 0.0908. The maximum Gasteiger partial charge on any atom is 0.240 e. The first kappa shape index (κ1) is 15.5. The van der Waals surface area contributed by atoms with Crippen LogP contribution in [0.4, 0.5) is 0 Å². The Morgan fingerprint density at radius 2 is 2.11 bits per heavy atom. The van der Waals surface area contributed by atoms with E-state index in [0.29, 0.717) is 5.75 Å². The molecule has 1 aromatic carbocycles. The summed E-state index contributed by atoms with van der Waals surface area (Å²) >= 11 is 1.47. The van der Waals surface area contributed by atoms with Crippen molar-refractivity contribution in [2.24, 2.45) is 0 Å². The van der Waals surface area contributed by atoms with Gasteiger partial charge in [0.1, 0.15) is 0 Å². The van der Waals surface area contributed by atoms with Crippen molar-refractivity contribution >= 4 is 21.8 Å². The second-order valence-corrected chi connectivity index (χ2v) is 7.20. The number of benzene rings is 1. The molecular formula is C12H19NO3S2. The van der Waals surface area contributed by atoms with Crippen LogP contribution >= 0.6 is 11.8 Å². The fourth-order valence-electron chi connectivity index (χ4n) is 1.48. The highest BCUT2D eigenvalue weighted by Gasteiger charge is 2.23. The van der Waals surface area contributed by atoms with Crippen molar-refractivity contribution in [1.29, 1.82) is 0 Å². The zero-order valence-electron chi connectivity index (χ0n) is 10.8. The molecule has 1 aromatic rings. The summed E-state index contributed by atoms with van der Waals surface area (Å²) in [4.78, 5) is 0.224. The molecule has 0 aliphatic rings. The molecule has 102 valence electrons. The van der Waals surface area contributed by atoms with Crippen molar-refractivity contribution in [2.45, 2.75) is 24.3 Å². The largest absolute Gasteiger partial charge is 0.388 e. The molecule has 0 bridgehead atoms. The Labute approximate surface area is 113 Å². The van der Waals surface area contributed by atoms with Gasteiger partial charge in [0.15, 0.2) is 0 Å². The van der Waals surface area contributed by atoms with Gasteiger partial charge >= 0.3 is 0 Å². The zero-order valence-corrected chi connectivity index (χ0v) is 12.4. The SMILES string of the molecule is CSC[C@@](C)(O)CNS(=O)(=O)c1cccc(C)c1. The standard InChI is InChI=1S/C12H19NO3S2/c1-10-5-4-6-11(7-10)18(15,16)13-8-12(2,14)9-17-3/h4-7,13-14H,8-9H2,1-3H3/t12-/m0/s1. The molecule has 1 rings (SSSR count). The van der Waals surface area contributed by atoms with E-state index in [9.17, 15) is 13.5 Å². The van der Waals surface area contributed by atoms with Gasteiger partial charge in [-0.05, 0) is 37.8 Å². The molecule has 18 heavy (non-hydrogen) atoms. The molecule has 0 saturated carbocycles. The van der Waals surface area contributed by atoms with E-state index in [-0.39, 0.29) is 11.4 Å². The molecule has 0 fully saturated rings. The summed E-state index contributed by atoms with van der Waals surface area (Å²) in [6.07, 6.45) is 1.86. The van der Waals surface area contributed by atoms with Crippen LogP contribution in [0.2, 0.25) is 0 Å². The summed E-state index contributed by atoms with van der Waals surface area (Å²) in [5.41, 5.74) is -0.162. The predicted molar refractivity (Wildman–Crippen MR) is 75.4 cm³/mol. The average Bonchev–Trinajstić information content (AvgIpc) is 2.27. The summed E-state index contributed by atoms with van der Waals surface area (Å²) in [5.74, 6) is 0.476. The Balaban J connectivity index is 2.78. The molecule has 4 nitrogen and oxygen atoms in total. The Morgan fingerprint density at radius 3 is 2.67 bits per heavy atom. The second kappa shape index (κ2) is 6.06. The van der Waals surface area contributed by atoms with Crippen molar-refractivity contribution in [1.82, 2.24) is 4.72 Å². The monoisotopic (exact) mass is 289 g/mol. The van der Waals surface area contributed by atoms with Gasteiger partial charge < -0.3 is 5.11 Å². The molecule has 2 N–H and O–H groups in total. The van der Waals surface area contributed by atoms with Gasteiger partial charge in [-0.25, -0.2) is 13.1 Å². The molecule has 0 amide bonds. The third-order valence-corrected chi connectivity index (χ3v) is 4.71. The van der Waals surface area contributed by atoms with Crippen LogP contribution < -0.4 is 4.72 Å². The van der Waals surface area contributed by atoms with Crippen molar-refractivity contribution in [3.63, 3.8) is 0 Å². The fourth-order valence-corrected chi connectivity index (χ4v) is 3.47. The molecule has 0 aliphatic heterocycles. The van der Waals surface area contributed by atoms with Crippen molar-refractivity contribution in [3.8, 4) is 0 Å². The minimum absolute atomic E-state index is 0.00408. The maximum absolute atomic E-state index is 12.0. The summed E-state index contributed by atoms with van der Waals surface area (Å²) in [7, 11) is -3.55. The summed E-state index contributed by atoms with van der Waals surface area (Å²) in [6.45, 7) is 3.45. The Hall–Kier alpha value is -0.560. The Bertz CT molecular complexity index is 498. The van der Waals surface area contributed by atoms with Crippen LogP contribution in [0.5, 0.6) is 0 Å². The highest BCUT2D eigenvalue weighted by atomic mass is 32.2. The van der Waals surface area contributed by atoms with Gasteiger partial charge in [0.05, 0.1) is 10.5 Å². The van der Waals surface area contributed by atoms with Gasteiger partial charge in [-0.3, -0.25) is 0 Å². The van der Waals surface area contributed by atoms with Gasteiger partial charge in [-0.2, -0.15) is 11.8 Å². The van der Waals surface area contributed by atoms with Crippen LogP contribution in [0.3, 0.4) is 0 Å². The van der Waals surface area contributed by atoms with E-state index in [4.69, 9.17) is 0 Å². The minimum Gasteiger partial charge on any atom is -0.388 e. The van der Waals surface area contributed by atoms with Gasteiger partial charge in [0, 0.05) is 12.3 Å². The van der Waals surface area contributed by atoms with Crippen LogP contribution in [-0.2, 0) is 10.0 Å². The normalized spacial score (nSPS) is 15.3. The molecule has 0 spiro atoms. The highest BCUT2D eigenvalue weighted by molar-refractivity contribution is 7.98. The molecule has 0 radical (unpaired) electrons. The summed E-state index contributed by atoms with van der Waals surface area (Å²) in [6, 6.07) is 6.68. The van der Waals surface area contributed by atoms with Crippen LogP contribution in [0.15, 0.2) is 29.2 Å². The number of thioether (sulfide) groups is 1. The molecule has 1 atom stereocenters. The highest BCUT2D eigenvalue weighted by Crippen LogP contribution is 2.13. The smallest absolute Gasteiger partial charge is 0.240 e. The quantitative estimate of drug-likeness (QED) is 0.830. The number of aryl methyl sites for hydroxylation is 1. The lowest BCUT2D eigenvalue weighted by atomic mass is 10.1. The first-order valence-corrected chi connectivity index (χ1v) is 8.42. The third-order valence-electron chi connectivity index (χ3n) is 2.40. The lowest BCUT2D eigenvalue weighted by Gasteiger charge is -2.22. The number of sulfonamides is 1. The van der Waals surface area contributed by atoms with Crippen LogP contribution in [0.1, 0.15) is 12.5 Å². The first-order chi connectivity index (χ1) is 8.27. The second-order valence-electron chi connectivity index (χ2n) is 4.57. The van der Waals surface area contributed by atoms with Crippen molar-refractivity contribution in [2.75, 3.05) is 18.6 Å². The predicted octanol–water partition coefficient (Wildman–Crippen LogP) is 1.39. The number of hydrogen-bond donors (Lipinski definition) is 2. The van der Waals surface area contributed by atoms with Crippen molar-refractivity contribution < 1.29 is 13.5 Å². The van der Waals surface area contributed by atoms with E-state index in [1.165, 1.54) is 11.8 Å². The number of hydrogen-bond acceptors (Lipinski definition) is 4. The number of aliphatic hydroxyl groups is 1. The lowest BCUT2D eigenvalue weighted by Crippen LogP contribution is -2.42. The molecule has 0 unspecified atom stereocenters. The molecule has 0 heterocycles. The van der Waals surface area contributed by atoms with Gasteiger partial charge in [-0.1, -0.05) is 12.1 Å². The van der Waals surface area contributed by atoms with E-state index in [0.717, 1.165) is 5.56 Å². The zero-order chi connectivity index (χ0) is 13.8. The third kappa shape index (κ3) is 4.61. The first-order valence-electron chi connectivity index (χ1n) is 5.54. The molecule has 0 aromatic heterocycles. The van der Waals surface area contributed by atoms with Crippen LogP contribution in [0, 0.1) is 6.92 Å². The molecular weight excluding hydrogens is 270 g/mol. The minimum atomic E-state index is -3.55. The van der Waals surface area contributed by atoms with Crippen LogP contribution in [0.25, 0.3) is 0 Å². The van der Waals surface area contributed by atoms with Gasteiger partial charge in [0.25, 0.3) is 0 Å². The Kier molecular flexibility index (Phi) is 5.21. The fraction of sp³-hybridized carbons (Fsp3) is 0.500. The maximum atomic E-state index is 12.0. The van der Waals surface area contributed by atoms with Crippen molar-refractivity contribution in [3.05, 3.63) is 29.8 Å². The molecule has 6 heteroatoms. The molecule has 0 saturated heterocycles. The summed E-state index contributed by atoms with van der Waals surface area (Å²) < 4.78 is 26.4. The average molecular weight is 289 g/mol. The van der Waals surface area contributed by atoms with E-state index >= 15 is 0 Å². The Morgan fingerprint density at radius 1 is 1.44 bits per heavy atom. The number of rotatable bonds is 6. The van der Waals surface area contributed by atoms with Crippen LogP contribution in [-0.4, -0.2) is 37.7 Å². The van der Waals surface area contributed by atoms with E-state index in [1.54, 1.807) is 25.1 Å².